The number of carboxylic acids is 1. The number of hydrogen-bond donors (Lipinski definition) is 2. The van der Waals surface area contributed by atoms with Crippen LogP contribution >= 0.6 is 0 Å². The number of aromatic nitrogens is 2. The Hall–Kier alpha value is -2.10. The first-order chi connectivity index (χ1) is 9.74. The molecule has 1 aliphatic rings. The zero-order valence-electron chi connectivity index (χ0n) is 11.4. The lowest BCUT2D eigenvalue weighted by atomic mass is 9.89. The first-order valence-corrected chi connectivity index (χ1v) is 7.10. The lowest BCUT2D eigenvalue weighted by Crippen LogP contribution is -2.03. The molecule has 0 saturated heterocycles. The number of imidazole rings is 1. The van der Waals surface area contributed by atoms with E-state index < -0.39 is 5.97 Å². The third-order valence-corrected chi connectivity index (χ3v) is 3.93. The molecule has 0 radical (unpaired) electrons. The van der Waals surface area contributed by atoms with Crippen LogP contribution in [-0.4, -0.2) is 21.0 Å². The van der Waals surface area contributed by atoms with Gasteiger partial charge in [0.25, 0.3) is 0 Å². The van der Waals surface area contributed by atoms with Crippen LogP contribution in [0.15, 0.2) is 24.5 Å². The highest BCUT2D eigenvalue weighted by atomic mass is 16.4. The Morgan fingerprint density at radius 3 is 2.85 bits per heavy atom. The molecular formula is C16H18N2O2. The number of rotatable bonds is 4. The Morgan fingerprint density at radius 1 is 1.25 bits per heavy atom. The molecule has 1 aliphatic carbocycles. The van der Waals surface area contributed by atoms with Crippen LogP contribution in [0.25, 0.3) is 11.3 Å². The van der Waals surface area contributed by atoms with E-state index in [1.165, 1.54) is 30.4 Å². The number of aromatic amines is 1. The molecule has 0 fully saturated rings. The Kier molecular flexibility index (Phi) is 3.54. The molecule has 0 aliphatic heterocycles. The minimum absolute atomic E-state index is 0.125. The van der Waals surface area contributed by atoms with Crippen molar-refractivity contribution in [2.24, 2.45) is 0 Å². The SMILES string of the molecule is O=C(O)CCc1[nH]cnc1-c1ccc2c(c1)CCCC2. The van der Waals surface area contributed by atoms with Crippen LogP contribution in [0, 0.1) is 0 Å². The van der Waals surface area contributed by atoms with E-state index in [0.717, 1.165) is 23.4 Å². The summed E-state index contributed by atoms with van der Waals surface area (Å²) >= 11 is 0. The molecule has 0 spiro atoms. The van der Waals surface area contributed by atoms with Crippen molar-refractivity contribution < 1.29 is 9.90 Å². The van der Waals surface area contributed by atoms with Gasteiger partial charge in [0.1, 0.15) is 0 Å². The smallest absolute Gasteiger partial charge is 0.303 e. The van der Waals surface area contributed by atoms with Crippen LogP contribution in [0.3, 0.4) is 0 Å². The predicted molar refractivity (Wildman–Crippen MR) is 76.6 cm³/mol. The van der Waals surface area contributed by atoms with Crippen LogP contribution in [0.1, 0.15) is 36.1 Å². The maximum absolute atomic E-state index is 10.7. The van der Waals surface area contributed by atoms with Crippen molar-refractivity contribution in [2.75, 3.05) is 0 Å². The summed E-state index contributed by atoms with van der Waals surface area (Å²) in [6.07, 6.45) is 7.09. The van der Waals surface area contributed by atoms with E-state index >= 15 is 0 Å². The number of nitrogens with zero attached hydrogens (tertiary/aromatic N) is 1. The number of aliphatic carboxylic acids is 1. The number of nitrogens with one attached hydrogen (secondary N) is 1. The average Bonchev–Trinajstić information content (AvgIpc) is 2.93. The molecule has 1 aromatic heterocycles. The van der Waals surface area contributed by atoms with Gasteiger partial charge in [-0.2, -0.15) is 0 Å². The number of aryl methyl sites for hydroxylation is 3. The second kappa shape index (κ2) is 5.49. The van der Waals surface area contributed by atoms with Gasteiger partial charge in [0, 0.05) is 17.7 Å². The Balaban J connectivity index is 1.89. The maximum atomic E-state index is 10.7. The van der Waals surface area contributed by atoms with Crippen molar-refractivity contribution in [1.82, 2.24) is 9.97 Å². The summed E-state index contributed by atoms with van der Waals surface area (Å²) in [7, 11) is 0. The molecular weight excluding hydrogens is 252 g/mol. The van der Waals surface area contributed by atoms with Crippen molar-refractivity contribution in [1.29, 1.82) is 0 Å². The number of hydrogen-bond acceptors (Lipinski definition) is 2. The zero-order valence-corrected chi connectivity index (χ0v) is 11.4. The fourth-order valence-electron chi connectivity index (χ4n) is 2.87. The van der Waals surface area contributed by atoms with E-state index in [2.05, 4.69) is 28.2 Å². The summed E-state index contributed by atoms with van der Waals surface area (Å²) in [6.45, 7) is 0. The summed E-state index contributed by atoms with van der Waals surface area (Å²) in [6, 6.07) is 6.51. The van der Waals surface area contributed by atoms with Crippen molar-refractivity contribution in [3.05, 3.63) is 41.3 Å². The molecule has 2 N–H and O–H groups in total. The number of carboxylic acid groups (broad SMARTS) is 1. The summed E-state index contributed by atoms with van der Waals surface area (Å²) in [4.78, 5) is 18.1. The zero-order chi connectivity index (χ0) is 13.9. The molecule has 4 heteroatoms. The van der Waals surface area contributed by atoms with Gasteiger partial charge in [-0.1, -0.05) is 12.1 Å². The van der Waals surface area contributed by atoms with Gasteiger partial charge in [-0.05, 0) is 42.9 Å². The summed E-state index contributed by atoms with van der Waals surface area (Å²) in [5.41, 5.74) is 5.75. The Labute approximate surface area is 117 Å². The van der Waals surface area contributed by atoms with E-state index in [1.807, 2.05) is 0 Å². The van der Waals surface area contributed by atoms with Crippen molar-refractivity contribution in [3.63, 3.8) is 0 Å². The van der Waals surface area contributed by atoms with Crippen LogP contribution in [-0.2, 0) is 24.1 Å². The standard InChI is InChI=1S/C16H18N2O2/c19-15(20)8-7-14-16(18-10-17-14)13-6-5-11-3-1-2-4-12(11)9-13/h5-6,9-10H,1-4,7-8H2,(H,17,18)(H,19,20). The van der Waals surface area contributed by atoms with E-state index in [0.29, 0.717) is 6.42 Å². The lowest BCUT2D eigenvalue weighted by Gasteiger charge is -2.16. The number of carbonyl (C=O) groups is 1. The number of H-pyrrole nitrogens is 1. The average molecular weight is 270 g/mol. The molecule has 0 amide bonds. The number of fused-ring (bicyclic) bond motifs is 1. The van der Waals surface area contributed by atoms with Crippen molar-refractivity contribution in [3.8, 4) is 11.3 Å². The molecule has 0 saturated carbocycles. The molecule has 4 nitrogen and oxygen atoms in total. The first-order valence-electron chi connectivity index (χ1n) is 7.10. The molecule has 0 unspecified atom stereocenters. The van der Waals surface area contributed by atoms with Gasteiger partial charge in [-0.3, -0.25) is 4.79 Å². The molecule has 0 atom stereocenters. The Morgan fingerprint density at radius 2 is 2.05 bits per heavy atom. The largest absolute Gasteiger partial charge is 0.481 e. The lowest BCUT2D eigenvalue weighted by molar-refractivity contribution is -0.136. The monoisotopic (exact) mass is 270 g/mol. The van der Waals surface area contributed by atoms with Crippen molar-refractivity contribution >= 4 is 5.97 Å². The highest BCUT2D eigenvalue weighted by molar-refractivity contribution is 5.68. The van der Waals surface area contributed by atoms with E-state index in [-0.39, 0.29) is 6.42 Å². The second-order valence-electron chi connectivity index (χ2n) is 5.31. The molecule has 2 aromatic rings. The van der Waals surface area contributed by atoms with Gasteiger partial charge < -0.3 is 10.1 Å². The Bertz CT molecular complexity index is 631. The third kappa shape index (κ3) is 2.59. The van der Waals surface area contributed by atoms with E-state index in [1.54, 1.807) is 6.33 Å². The molecule has 0 bridgehead atoms. The molecule has 1 aromatic carbocycles. The summed E-state index contributed by atoms with van der Waals surface area (Å²) in [5, 5.41) is 8.80. The van der Waals surface area contributed by atoms with Gasteiger partial charge in [0.15, 0.2) is 0 Å². The topological polar surface area (TPSA) is 66.0 Å². The molecule has 20 heavy (non-hydrogen) atoms. The molecule has 3 rings (SSSR count). The predicted octanol–water partition coefficient (Wildman–Crippen LogP) is 2.97. The quantitative estimate of drug-likeness (QED) is 0.897. The van der Waals surface area contributed by atoms with Gasteiger partial charge in [-0.25, -0.2) is 4.98 Å². The number of benzene rings is 1. The second-order valence-corrected chi connectivity index (χ2v) is 5.31. The highest BCUT2D eigenvalue weighted by Gasteiger charge is 2.14. The molecule has 1 heterocycles. The van der Waals surface area contributed by atoms with Gasteiger partial charge in [0.05, 0.1) is 18.4 Å². The van der Waals surface area contributed by atoms with Gasteiger partial charge >= 0.3 is 5.97 Å². The van der Waals surface area contributed by atoms with Crippen LogP contribution in [0.5, 0.6) is 0 Å². The third-order valence-electron chi connectivity index (χ3n) is 3.93. The molecule has 104 valence electrons. The minimum Gasteiger partial charge on any atom is -0.481 e. The van der Waals surface area contributed by atoms with Crippen LogP contribution < -0.4 is 0 Å². The van der Waals surface area contributed by atoms with E-state index in [4.69, 9.17) is 5.11 Å². The van der Waals surface area contributed by atoms with Gasteiger partial charge in [-0.15, -0.1) is 0 Å². The minimum atomic E-state index is -0.781. The first kappa shape index (κ1) is 12.9. The van der Waals surface area contributed by atoms with Crippen LogP contribution in [0.2, 0.25) is 0 Å². The van der Waals surface area contributed by atoms with E-state index in [9.17, 15) is 4.79 Å². The fraction of sp³-hybridized carbons (Fsp3) is 0.375. The highest BCUT2D eigenvalue weighted by Crippen LogP contribution is 2.28. The summed E-state index contributed by atoms with van der Waals surface area (Å²) < 4.78 is 0. The fourth-order valence-corrected chi connectivity index (χ4v) is 2.87. The maximum Gasteiger partial charge on any atom is 0.303 e. The summed E-state index contributed by atoms with van der Waals surface area (Å²) in [5.74, 6) is -0.781. The van der Waals surface area contributed by atoms with Crippen LogP contribution in [0.4, 0.5) is 0 Å². The normalized spacial score (nSPS) is 14.0. The van der Waals surface area contributed by atoms with Gasteiger partial charge in [0.2, 0.25) is 0 Å². The van der Waals surface area contributed by atoms with Crippen molar-refractivity contribution in [2.45, 2.75) is 38.5 Å².